The summed E-state index contributed by atoms with van der Waals surface area (Å²) in [4.78, 5) is 10.7. The Balaban J connectivity index is 3.86. The van der Waals surface area contributed by atoms with Gasteiger partial charge in [-0.05, 0) is 6.42 Å². The van der Waals surface area contributed by atoms with Gasteiger partial charge in [0.15, 0.2) is 0 Å². The average molecular weight is 172 g/mol. The van der Waals surface area contributed by atoms with Crippen molar-refractivity contribution in [3.05, 3.63) is 0 Å². The molecule has 0 heterocycles. The van der Waals surface area contributed by atoms with Gasteiger partial charge in [0.05, 0.1) is 8.07 Å². The van der Waals surface area contributed by atoms with Crippen molar-refractivity contribution in [2.75, 3.05) is 0 Å². The number of hydrogen-bond donors (Lipinski definition) is 0. The van der Waals surface area contributed by atoms with E-state index >= 15 is 0 Å². The van der Waals surface area contributed by atoms with Gasteiger partial charge in [0.2, 0.25) is 0 Å². The van der Waals surface area contributed by atoms with E-state index in [1.165, 1.54) is 19.1 Å². The fraction of sp³-hybridized carbons (Fsp3) is 0.889. The van der Waals surface area contributed by atoms with E-state index in [-0.39, 0.29) is 0 Å². The van der Waals surface area contributed by atoms with Gasteiger partial charge in [-0.3, -0.25) is 0 Å². The van der Waals surface area contributed by atoms with Crippen LogP contribution in [-0.4, -0.2) is 14.4 Å². The highest BCUT2D eigenvalue weighted by Crippen LogP contribution is 2.24. The molecule has 0 saturated heterocycles. The minimum atomic E-state index is -1.19. The Kier molecular flexibility index (Phi) is 4.65. The summed E-state index contributed by atoms with van der Waals surface area (Å²) < 4.78 is 0. The topological polar surface area (TPSA) is 17.1 Å². The molecule has 0 aliphatic carbocycles. The van der Waals surface area contributed by atoms with Crippen LogP contribution in [0, 0.1) is 0 Å². The van der Waals surface area contributed by atoms with Crippen LogP contribution in [0.25, 0.3) is 0 Å². The Morgan fingerprint density at radius 2 is 1.91 bits per heavy atom. The molecule has 1 atom stereocenters. The van der Waals surface area contributed by atoms with E-state index in [2.05, 4.69) is 26.6 Å². The summed E-state index contributed by atoms with van der Waals surface area (Å²) in [5, 5.41) is 0. The van der Waals surface area contributed by atoms with Gasteiger partial charge in [0.25, 0.3) is 0 Å². The second-order valence-corrected chi connectivity index (χ2v) is 9.72. The van der Waals surface area contributed by atoms with E-state index in [9.17, 15) is 4.79 Å². The summed E-state index contributed by atoms with van der Waals surface area (Å²) in [6.07, 6.45) is 4.68. The molecular weight excluding hydrogens is 152 g/mol. The molecule has 1 nitrogen and oxygen atoms in total. The van der Waals surface area contributed by atoms with Crippen molar-refractivity contribution in [3.8, 4) is 0 Å². The summed E-state index contributed by atoms with van der Waals surface area (Å²) in [6, 6.07) is 0. The van der Waals surface area contributed by atoms with E-state index in [1.807, 2.05) is 0 Å². The Labute approximate surface area is 71.2 Å². The summed E-state index contributed by atoms with van der Waals surface area (Å²) in [6.45, 7) is 8.97. The summed E-state index contributed by atoms with van der Waals surface area (Å²) in [7, 11) is -1.19. The molecule has 0 radical (unpaired) electrons. The number of carbonyl (C=O) groups excluding carboxylic acids is 1. The molecule has 1 unspecified atom stereocenters. The van der Waals surface area contributed by atoms with Crippen molar-refractivity contribution >= 4 is 14.4 Å². The first-order chi connectivity index (χ1) is 5.02. The molecular formula is C9H20OSi. The molecule has 0 aliphatic rings. The van der Waals surface area contributed by atoms with Gasteiger partial charge in [-0.15, -0.1) is 0 Å². The van der Waals surface area contributed by atoms with Crippen molar-refractivity contribution in [3.63, 3.8) is 0 Å². The van der Waals surface area contributed by atoms with Crippen molar-refractivity contribution in [1.29, 1.82) is 0 Å². The highest BCUT2D eigenvalue weighted by atomic mass is 28.3. The third-order valence-corrected chi connectivity index (χ3v) is 4.79. The fourth-order valence-corrected chi connectivity index (χ4v) is 2.61. The van der Waals surface area contributed by atoms with Gasteiger partial charge in [-0.25, -0.2) is 0 Å². The third kappa shape index (κ3) is 4.35. The van der Waals surface area contributed by atoms with E-state index in [0.717, 1.165) is 6.42 Å². The maximum Gasteiger partial charge on any atom is 0.120 e. The molecule has 66 valence electrons. The second-order valence-electron chi connectivity index (χ2n) is 4.25. The fourth-order valence-electron chi connectivity index (χ4n) is 1.13. The first-order valence-corrected chi connectivity index (χ1v) is 8.05. The predicted molar refractivity (Wildman–Crippen MR) is 52.7 cm³/mol. The van der Waals surface area contributed by atoms with Crippen LogP contribution in [0.15, 0.2) is 0 Å². The van der Waals surface area contributed by atoms with Gasteiger partial charge in [-0.2, -0.15) is 0 Å². The van der Waals surface area contributed by atoms with Gasteiger partial charge < -0.3 is 4.79 Å². The average Bonchev–Trinajstić information content (AvgIpc) is 1.87. The first kappa shape index (κ1) is 10.9. The van der Waals surface area contributed by atoms with E-state index in [0.29, 0.717) is 5.54 Å². The summed E-state index contributed by atoms with van der Waals surface area (Å²) in [5.41, 5.74) is 0.377. The maximum atomic E-state index is 10.7. The SMILES string of the molecule is CCCCC(C=O)[Si](C)(C)C. The van der Waals surface area contributed by atoms with Crippen molar-refractivity contribution < 1.29 is 4.79 Å². The molecule has 2 heteroatoms. The quantitative estimate of drug-likeness (QED) is 0.460. The zero-order valence-corrected chi connectivity index (χ0v) is 9.18. The molecule has 0 rings (SSSR count). The van der Waals surface area contributed by atoms with Crippen LogP contribution in [0.4, 0.5) is 0 Å². The number of unbranched alkanes of at least 4 members (excludes halogenated alkanes) is 1. The van der Waals surface area contributed by atoms with E-state index in [4.69, 9.17) is 0 Å². The highest BCUT2D eigenvalue weighted by Gasteiger charge is 2.24. The predicted octanol–water partition coefficient (Wildman–Crippen LogP) is 3.08. The van der Waals surface area contributed by atoms with Crippen molar-refractivity contribution in [2.24, 2.45) is 0 Å². The maximum absolute atomic E-state index is 10.7. The van der Waals surface area contributed by atoms with E-state index < -0.39 is 8.07 Å². The highest BCUT2D eigenvalue weighted by molar-refractivity contribution is 6.79. The van der Waals surface area contributed by atoms with Crippen LogP contribution in [0.5, 0.6) is 0 Å². The number of rotatable bonds is 5. The Hall–Kier alpha value is -0.113. The van der Waals surface area contributed by atoms with Crippen molar-refractivity contribution in [2.45, 2.75) is 51.4 Å². The summed E-state index contributed by atoms with van der Waals surface area (Å²) >= 11 is 0. The van der Waals surface area contributed by atoms with Crippen LogP contribution in [-0.2, 0) is 4.79 Å². The molecule has 0 aromatic rings. The number of hydrogen-bond acceptors (Lipinski definition) is 1. The molecule has 0 aromatic carbocycles. The molecule has 0 saturated carbocycles. The molecule has 0 aromatic heterocycles. The standard InChI is InChI=1S/C9H20OSi/c1-5-6-7-9(8-10)11(2,3)4/h8-9H,5-7H2,1-4H3. The number of aldehydes is 1. The largest absolute Gasteiger partial charge is 0.303 e. The van der Waals surface area contributed by atoms with Gasteiger partial charge in [0.1, 0.15) is 6.29 Å². The van der Waals surface area contributed by atoms with Crippen LogP contribution < -0.4 is 0 Å². The minimum Gasteiger partial charge on any atom is -0.303 e. The lowest BCUT2D eigenvalue weighted by atomic mass is 10.2. The Morgan fingerprint density at radius 3 is 2.18 bits per heavy atom. The second kappa shape index (κ2) is 4.70. The molecule has 0 N–H and O–H groups in total. The zero-order chi connectivity index (χ0) is 8.91. The summed E-state index contributed by atoms with van der Waals surface area (Å²) in [5.74, 6) is 0. The number of carbonyl (C=O) groups is 1. The van der Waals surface area contributed by atoms with Crippen LogP contribution in [0.2, 0.25) is 25.2 Å². The lowest BCUT2D eigenvalue weighted by Crippen LogP contribution is -2.29. The lowest BCUT2D eigenvalue weighted by molar-refractivity contribution is -0.108. The molecule has 0 aliphatic heterocycles. The van der Waals surface area contributed by atoms with Crippen LogP contribution in [0.1, 0.15) is 26.2 Å². The van der Waals surface area contributed by atoms with Gasteiger partial charge >= 0.3 is 0 Å². The molecule has 0 amide bonds. The monoisotopic (exact) mass is 172 g/mol. The van der Waals surface area contributed by atoms with Crippen molar-refractivity contribution in [1.82, 2.24) is 0 Å². The molecule has 0 spiro atoms. The zero-order valence-electron chi connectivity index (χ0n) is 8.18. The molecule has 0 bridgehead atoms. The minimum absolute atomic E-state index is 0.377. The normalized spacial score (nSPS) is 14.5. The van der Waals surface area contributed by atoms with E-state index in [1.54, 1.807) is 0 Å². The third-order valence-electron chi connectivity index (χ3n) is 2.15. The smallest absolute Gasteiger partial charge is 0.120 e. The van der Waals surface area contributed by atoms with Gasteiger partial charge in [0, 0.05) is 5.54 Å². The van der Waals surface area contributed by atoms with Crippen LogP contribution >= 0.6 is 0 Å². The first-order valence-electron chi connectivity index (χ1n) is 4.47. The Morgan fingerprint density at radius 1 is 1.36 bits per heavy atom. The molecule has 0 fully saturated rings. The van der Waals surface area contributed by atoms with Crippen LogP contribution in [0.3, 0.4) is 0 Å². The van der Waals surface area contributed by atoms with Gasteiger partial charge in [-0.1, -0.05) is 39.4 Å². The Bertz CT molecular complexity index is 115. The molecule has 11 heavy (non-hydrogen) atoms. The lowest BCUT2D eigenvalue weighted by Gasteiger charge is -2.23.